The predicted molar refractivity (Wildman–Crippen MR) is 94.2 cm³/mol. The lowest BCUT2D eigenvalue weighted by molar-refractivity contribution is -0.0179. The third kappa shape index (κ3) is 2.78. The van der Waals surface area contributed by atoms with Gasteiger partial charge in [0.15, 0.2) is 0 Å². The molecule has 4 rings (SSSR count). The quantitative estimate of drug-likeness (QED) is 0.809. The Morgan fingerprint density at radius 3 is 2.62 bits per heavy atom. The van der Waals surface area contributed by atoms with Gasteiger partial charge in [0.2, 0.25) is 0 Å². The SMILES string of the molecule is CCc1ccc2oc(=O)cc(CN3C[C@H]4CC[C@@H](C3)C4OC)c2c1. The zero-order chi connectivity index (χ0) is 16.7. The minimum Gasteiger partial charge on any atom is -0.423 e. The number of methoxy groups -OCH3 is 1. The smallest absolute Gasteiger partial charge is 0.336 e. The topological polar surface area (TPSA) is 42.7 Å². The standard InChI is InChI=1S/C20H25NO3/c1-3-13-4-7-18-17(8-13)16(9-19(22)24-18)12-21-10-14-5-6-15(11-21)20(14)23-2/h4,7-9,14-15,20H,3,5-6,10-12H2,1-2H3/t14-,15+,20?. The molecule has 1 saturated carbocycles. The molecule has 0 amide bonds. The van der Waals surface area contributed by atoms with Crippen molar-refractivity contribution < 1.29 is 9.15 Å². The number of likely N-dealkylation sites (tertiary alicyclic amines) is 1. The number of ether oxygens (including phenoxy) is 1. The Hall–Kier alpha value is -1.65. The van der Waals surface area contributed by atoms with Gasteiger partial charge in [-0.05, 0) is 54.4 Å². The van der Waals surface area contributed by atoms with Crippen molar-refractivity contribution in [3.63, 3.8) is 0 Å². The second-order valence-corrected chi connectivity index (χ2v) is 7.27. The summed E-state index contributed by atoms with van der Waals surface area (Å²) in [5, 5.41) is 1.08. The number of piperidine rings is 1. The number of aryl methyl sites for hydroxylation is 1. The number of benzene rings is 1. The molecule has 1 aliphatic carbocycles. The van der Waals surface area contributed by atoms with E-state index in [4.69, 9.17) is 9.15 Å². The summed E-state index contributed by atoms with van der Waals surface area (Å²) < 4.78 is 11.1. The Balaban J connectivity index is 1.64. The number of hydrogen-bond acceptors (Lipinski definition) is 4. The van der Waals surface area contributed by atoms with Gasteiger partial charge in [-0.3, -0.25) is 4.90 Å². The van der Waals surface area contributed by atoms with Gasteiger partial charge in [0, 0.05) is 38.2 Å². The molecule has 2 bridgehead atoms. The number of fused-ring (bicyclic) bond motifs is 3. The molecular weight excluding hydrogens is 302 g/mol. The first kappa shape index (κ1) is 15.9. The molecule has 1 aromatic heterocycles. The van der Waals surface area contributed by atoms with Gasteiger partial charge in [0.1, 0.15) is 5.58 Å². The maximum absolute atomic E-state index is 11.9. The van der Waals surface area contributed by atoms with Gasteiger partial charge in [-0.25, -0.2) is 4.79 Å². The molecule has 2 aromatic rings. The van der Waals surface area contributed by atoms with Crippen LogP contribution < -0.4 is 5.63 Å². The van der Waals surface area contributed by atoms with Crippen LogP contribution in [0, 0.1) is 11.8 Å². The summed E-state index contributed by atoms with van der Waals surface area (Å²) in [6, 6.07) is 7.81. The number of nitrogens with zero attached hydrogens (tertiary/aromatic N) is 1. The lowest BCUT2D eigenvalue weighted by Gasteiger charge is -2.37. The molecule has 24 heavy (non-hydrogen) atoms. The van der Waals surface area contributed by atoms with E-state index < -0.39 is 0 Å². The largest absolute Gasteiger partial charge is 0.423 e. The lowest BCUT2D eigenvalue weighted by Crippen LogP contribution is -2.45. The van der Waals surface area contributed by atoms with Crippen LogP contribution in [-0.4, -0.2) is 31.2 Å². The van der Waals surface area contributed by atoms with Crippen molar-refractivity contribution in [1.82, 2.24) is 4.90 Å². The van der Waals surface area contributed by atoms with Crippen LogP contribution >= 0.6 is 0 Å². The lowest BCUT2D eigenvalue weighted by atomic mass is 9.94. The number of hydrogen-bond donors (Lipinski definition) is 0. The van der Waals surface area contributed by atoms with E-state index in [0.717, 1.165) is 37.0 Å². The molecule has 1 aliphatic heterocycles. The Bertz CT molecular complexity index is 783. The van der Waals surface area contributed by atoms with Gasteiger partial charge >= 0.3 is 5.63 Å². The average molecular weight is 327 g/mol. The summed E-state index contributed by atoms with van der Waals surface area (Å²) in [5.41, 5.74) is 2.81. The first-order chi connectivity index (χ1) is 11.7. The summed E-state index contributed by atoms with van der Waals surface area (Å²) in [6.07, 6.45) is 3.93. The van der Waals surface area contributed by atoms with Crippen LogP contribution in [0.3, 0.4) is 0 Å². The van der Waals surface area contributed by atoms with Gasteiger partial charge in [0.25, 0.3) is 0 Å². The van der Waals surface area contributed by atoms with Crippen LogP contribution in [0.15, 0.2) is 33.5 Å². The third-order valence-corrected chi connectivity index (χ3v) is 5.79. The zero-order valence-electron chi connectivity index (χ0n) is 14.5. The normalized spacial score (nSPS) is 27.0. The van der Waals surface area contributed by atoms with Crippen molar-refractivity contribution in [2.45, 2.75) is 38.8 Å². The highest BCUT2D eigenvalue weighted by atomic mass is 16.5. The zero-order valence-corrected chi connectivity index (χ0v) is 14.5. The molecule has 0 radical (unpaired) electrons. The van der Waals surface area contributed by atoms with E-state index in [0.29, 0.717) is 23.5 Å². The summed E-state index contributed by atoms with van der Waals surface area (Å²) in [7, 11) is 1.84. The molecule has 2 aliphatic rings. The molecule has 2 fully saturated rings. The van der Waals surface area contributed by atoms with E-state index in [1.54, 1.807) is 6.07 Å². The van der Waals surface area contributed by atoms with Gasteiger partial charge in [-0.15, -0.1) is 0 Å². The molecule has 128 valence electrons. The molecule has 4 nitrogen and oxygen atoms in total. The van der Waals surface area contributed by atoms with Crippen molar-refractivity contribution in [3.8, 4) is 0 Å². The molecule has 0 spiro atoms. The molecule has 3 atom stereocenters. The highest BCUT2D eigenvalue weighted by Crippen LogP contribution is 2.39. The van der Waals surface area contributed by atoms with Gasteiger partial charge in [-0.2, -0.15) is 0 Å². The van der Waals surface area contributed by atoms with Crippen molar-refractivity contribution >= 4 is 11.0 Å². The minimum absolute atomic E-state index is 0.253. The van der Waals surface area contributed by atoms with Crippen molar-refractivity contribution in [1.29, 1.82) is 0 Å². The molecule has 2 heterocycles. The fraction of sp³-hybridized carbons (Fsp3) is 0.550. The van der Waals surface area contributed by atoms with Crippen LogP contribution in [0.2, 0.25) is 0 Å². The molecule has 1 aromatic carbocycles. The first-order valence-electron chi connectivity index (χ1n) is 8.98. The van der Waals surface area contributed by atoms with E-state index in [1.807, 2.05) is 19.2 Å². The van der Waals surface area contributed by atoms with Gasteiger partial charge in [-0.1, -0.05) is 13.0 Å². The maximum atomic E-state index is 11.9. The maximum Gasteiger partial charge on any atom is 0.336 e. The van der Waals surface area contributed by atoms with Crippen molar-refractivity contribution in [3.05, 3.63) is 45.8 Å². The fourth-order valence-corrected chi connectivity index (χ4v) is 4.65. The second kappa shape index (κ2) is 6.34. The Morgan fingerprint density at radius 1 is 1.21 bits per heavy atom. The number of rotatable bonds is 4. The summed E-state index contributed by atoms with van der Waals surface area (Å²) in [4.78, 5) is 14.4. The fourth-order valence-electron chi connectivity index (χ4n) is 4.65. The van der Waals surface area contributed by atoms with Crippen LogP contribution in [-0.2, 0) is 17.7 Å². The van der Waals surface area contributed by atoms with E-state index in [2.05, 4.69) is 17.9 Å². The highest BCUT2D eigenvalue weighted by molar-refractivity contribution is 5.80. The molecular formula is C20H25NO3. The highest BCUT2D eigenvalue weighted by Gasteiger charge is 2.42. The van der Waals surface area contributed by atoms with E-state index in [9.17, 15) is 4.79 Å². The van der Waals surface area contributed by atoms with E-state index in [1.165, 1.54) is 18.4 Å². The summed E-state index contributed by atoms with van der Waals surface area (Å²) in [5.74, 6) is 1.26. The predicted octanol–water partition coefficient (Wildman–Crippen LogP) is 3.21. The van der Waals surface area contributed by atoms with Crippen LogP contribution in [0.1, 0.15) is 30.9 Å². The Morgan fingerprint density at radius 2 is 1.96 bits per heavy atom. The molecule has 1 saturated heterocycles. The third-order valence-electron chi connectivity index (χ3n) is 5.79. The first-order valence-corrected chi connectivity index (χ1v) is 8.98. The molecule has 0 N–H and O–H groups in total. The minimum atomic E-state index is -0.253. The van der Waals surface area contributed by atoms with Crippen LogP contribution in [0.25, 0.3) is 11.0 Å². The van der Waals surface area contributed by atoms with Crippen molar-refractivity contribution in [2.24, 2.45) is 11.8 Å². The average Bonchev–Trinajstić information content (AvgIpc) is 2.83. The van der Waals surface area contributed by atoms with Crippen LogP contribution in [0.4, 0.5) is 0 Å². The van der Waals surface area contributed by atoms with Gasteiger partial charge in [0.05, 0.1) is 6.10 Å². The van der Waals surface area contributed by atoms with Crippen LogP contribution in [0.5, 0.6) is 0 Å². The summed E-state index contributed by atoms with van der Waals surface area (Å²) in [6.45, 7) is 5.08. The summed E-state index contributed by atoms with van der Waals surface area (Å²) >= 11 is 0. The monoisotopic (exact) mass is 327 g/mol. The Labute approximate surface area is 142 Å². The van der Waals surface area contributed by atoms with E-state index in [-0.39, 0.29) is 5.63 Å². The van der Waals surface area contributed by atoms with E-state index >= 15 is 0 Å². The Kier molecular flexibility index (Phi) is 4.19. The molecule has 1 unspecified atom stereocenters. The van der Waals surface area contributed by atoms with Crippen molar-refractivity contribution in [2.75, 3.05) is 20.2 Å². The second-order valence-electron chi connectivity index (χ2n) is 7.27. The molecule has 4 heteroatoms. The van der Waals surface area contributed by atoms with Gasteiger partial charge < -0.3 is 9.15 Å².